The highest BCUT2D eigenvalue weighted by Crippen LogP contribution is 2.44. The summed E-state index contributed by atoms with van der Waals surface area (Å²) in [7, 11) is 0. The lowest BCUT2D eigenvalue weighted by molar-refractivity contribution is -0.124. The highest BCUT2D eigenvalue weighted by molar-refractivity contribution is 14.1. The molecule has 0 saturated carbocycles. The number of carbonyl (C=O) groups is 2. The summed E-state index contributed by atoms with van der Waals surface area (Å²) in [5, 5.41) is 21.8. The Bertz CT molecular complexity index is 941. The summed E-state index contributed by atoms with van der Waals surface area (Å²) < 4.78 is 6.71. The quantitative estimate of drug-likeness (QED) is 0.155. The second kappa shape index (κ2) is 11.1. The number of hydrogen-bond donors (Lipinski definition) is 4. The lowest BCUT2D eigenvalue weighted by Crippen LogP contribution is -2.29. The molecule has 2 aromatic rings. The Morgan fingerprint density at radius 1 is 1.19 bits per heavy atom. The van der Waals surface area contributed by atoms with E-state index in [0.717, 1.165) is 9.13 Å². The second-order valence-corrected chi connectivity index (χ2v) is 9.13. The number of amides is 2. The van der Waals surface area contributed by atoms with Crippen LogP contribution in [0, 0.1) is 15.9 Å². The maximum absolute atomic E-state index is 12.7. The van der Waals surface area contributed by atoms with Crippen LogP contribution in [0.3, 0.4) is 0 Å². The van der Waals surface area contributed by atoms with Crippen LogP contribution in [0.5, 0.6) is 5.75 Å². The summed E-state index contributed by atoms with van der Waals surface area (Å²) >= 11 is 2.14. The third-order valence-electron chi connectivity index (χ3n) is 4.84. The zero-order valence-electron chi connectivity index (χ0n) is 17.7. The maximum Gasteiger partial charge on any atom is 0.412 e. The molecule has 0 aromatic heterocycles. The molecule has 2 rings (SSSR count). The Morgan fingerprint density at radius 2 is 1.87 bits per heavy atom. The summed E-state index contributed by atoms with van der Waals surface area (Å²) in [4.78, 5) is 23.8. The van der Waals surface area contributed by atoms with Crippen LogP contribution in [0.25, 0.3) is 0 Å². The van der Waals surface area contributed by atoms with Crippen LogP contribution in [0.15, 0.2) is 54.6 Å². The van der Waals surface area contributed by atoms with E-state index >= 15 is 0 Å². The summed E-state index contributed by atoms with van der Waals surface area (Å²) in [6, 6.07) is 12.5. The number of benzene rings is 2. The van der Waals surface area contributed by atoms with E-state index in [0.29, 0.717) is 24.1 Å². The van der Waals surface area contributed by atoms with E-state index in [1.165, 1.54) is 6.08 Å². The van der Waals surface area contributed by atoms with Crippen molar-refractivity contribution in [2.45, 2.75) is 39.7 Å². The number of nitrogens with one attached hydrogen (secondary N) is 2. The van der Waals surface area contributed by atoms with Crippen molar-refractivity contribution in [3.8, 4) is 5.75 Å². The molecule has 0 aliphatic rings. The van der Waals surface area contributed by atoms with Gasteiger partial charge in [0.25, 0.3) is 5.91 Å². The molecular formula is C23H27IN2O5. The van der Waals surface area contributed by atoms with Gasteiger partial charge in [0.2, 0.25) is 0 Å². The number of hydrogen-bond acceptors (Lipinski definition) is 5. The van der Waals surface area contributed by atoms with Crippen LogP contribution in [0.4, 0.5) is 10.5 Å². The Balaban J connectivity index is 2.24. The standard InChI is InChI=1S/C23H27IN2O5/c1-15-7-10-17(11-8-15)25-22(29)31-21(18-14-16(24)9-12-19(18)27)23(2,3)13-5-4-6-20(28)26-30/h4,6-12,14,21,27,30H,5,13H2,1-3H3,(H,25,29)(H,26,28)/b6-4+/t21-/m1/s1. The molecule has 0 fully saturated rings. The molecule has 0 saturated heterocycles. The number of rotatable bonds is 8. The van der Waals surface area contributed by atoms with Crippen LogP contribution in [-0.2, 0) is 9.53 Å². The number of halogens is 1. The lowest BCUT2D eigenvalue weighted by atomic mass is 9.78. The molecule has 2 amide bonds. The predicted molar refractivity (Wildman–Crippen MR) is 127 cm³/mol. The first-order valence-corrected chi connectivity index (χ1v) is 10.8. The molecule has 0 spiro atoms. The SMILES string of the molecule is Cc1ccc(NC(=O)O[C@H](c2cc(I)ccc2O)C(C)(C)CC/C=C/C(=O)NO)cc1. The zero-order chi connectivity index (χ0) is 23.0. The highest BCUT2D eigenvalue weighted by atomic mass is 127. The number of aromatic hydroxyl groups is 1. The maximum atomic E-state index is 12.7. The minimum absolute atomic E-state index is 0.0387. The van der Waals surface area contributed by atoms with Gasteiger partial charge in [0.05, 0.1) is 0 Å². The van der Waals surface area contributed by atoms with Gasteiger partial charge in [0, 0.05) is 26.3 Å². The van der Waals surface area contributed by atoms with E-state index in [1.807, 2.05) is 32.9 Å². The molecular weight excluding hydrogens is 511 g/mol. The minimum Gasteiger partial charge on any atom is -0.508 e. The Labute approximate surface area is 195 Å². The van der Waals surface area contributed by atoms with Crippen molar-refractivity contribution in [2.24, 2.45) is 5.41 Å². The number of hydroxylamine groups is 1. The second-order valence-electron chi connectivity index (χ2n) is 7.89. The Kier molecular flexibility index (Phi) is 8.88. The fraction of sp³-hybridized carbons (Fsp3) is 0.304. The molecule has 0 bridgehead atoms. The summed E-state index contributed by atoms with van der Waals surface area (Å²) in [6.07, 6.45) is 2.55. The summed E-state index contributed by atoms with van der Waals surface area (Å²) in [5.74, 6) is -0.574. The van der Waals surface area contributed by atoms with Crippen molar-refractivity contribution in [2.75, 3.05) is 5.32 Å². The van der Waals surface area contributed by atoms with Gasteiger partial charge < -0.3 is 9.84 Å². The Hall–Kier alpha value is -2.59. The van der Waals surface area contributed by atoms with E-state index < -0.39 is 23.5 Å². The number of allylic oxidation sites excluding steroid dienone is 1. The van der Waals surface area contributed by atoms with Gasteiger partial charge in [-0.15, -0.1) is 0 Å². The topological polar surface area (TPSA) is 108 Å². The van der Waals surface area contributed by atoms with E-state index in [4.69, 9.17) is 9.94 Å². The first kappa shape index (κ1) is 24.7. The summed E-state index contributed by atoms with van der Waals surface area (Å²) in [5.41, 5.74) is 3.15. The van der Waals surface area contributed by atoms with Crippen molar-refractivity contribution in [3.63, 3.8) is 0 Å². The van der Waals surface area contributed by atoms with E-state index in [-0.39, 0.29) is 5.75 Å². The van der Waals surface area contributed by atoms with Gasteiger partial charge in [0.15, 0.2) is 0 Å². The van der Waals surface area contributed by atoms with Crippen molar-refractivity contribution >= 4 is 40.3 Å². The number of anilines is 1. The van der Waals surface area contributed by atoms with Gasteiger partial charge in [-0.05, 0) is 72.7 Å². The molecule has 4 N–H and O–H groups in total. The van der Waals surface area contributed by atoms with Gasteiger partial charge in [-0.3, -0.25) is 15.3 Å². The zero-order valence-corrected chi connectivity index (χ0v) is 19.8. The van der Waals surface area contributed by atoms with Crippen molar-refractivity contribution in [1.82, 2.24) is 5.48 Å². The van der Waals surface area contributed by atoms with Gasteiger partial charge in [0.1, 0.15) is 11.9 Å². The molecule has 31 heavy (non-hydrogen) atoms. The van der Waals surface area contributed by atoms with Crippen LogP contribution >= 0.6 is 22.6 Å². The minimum atomic E-state index is -0.743. The third-order valence-corrected chi connectivity index (χ3v) is 5.51. The number of ether oxygens (including phenoxy) is 1. The fourth-order valence-corrected chi connectivity index (χ4v) is 3.60. The van der Waals surface area contributed by atoms with Crippen LogP contribution in [0.2, 0.25) is 0 Å². The van der Waals surface area contributed by atoms with Gasteiger partial charge >= 0.3 is 6.09 Å². The van der Waals surface area contributed by atoms with Crippen molar-refractivity contribution in [3.05, 3.63) is 69.3 Å². The molecule has 0 heterocycles. The average Bonchev–Trinajstić information content (AvgIpc) is 2.72. The fourth-order valence-electron chi connectivity index (χ4n) is 3.08. The Morgan fingerprint density at radius 3 is 2.52 bits per heavy atom. The molecule has 2 aromatic carbocycles. The molecule has 1 atom stereocenters. The number of carbonyl (C=O) groups excluding carboxylic acids is 2. The first-order valence-electron chi connectivity index (χ1n) is 9.75. The monoisotopic (exact) mass is 538 g/mol. The van der Waals surface area contributed by atoms with Crippen LogP contribution in [0.1, 0.15) is 43.9 Å². The molecule has 166 valence electrons. The van der Waals surface area contributed by atoms with Gasteiger partial charge in [-0.25, -0.2) is 10.3 Å². The normalized spacial score (nSPS) is 12.4. The molecule has 7 nitrogen and oxygen atoms in total. The van der Waals surface area contributed by atoms with Crippen LogP contribution in [-0.4, -0.2) is 22.3 Å². The molecule has 0 unspecified atom stereocenters. The summed E-state index contributed by atoms with van der Waals surface area (Å²) in [6.45, 7) is 5.81. The van der Waals surface area contributed by atoms with Crippen LogP contribution < -0.4 is 10.8 Å². The number of phenols is 1. The van der Waals surface area contributed by atoms with E-state index in [1.54, 1.807) is 41.9 Å². The van der Waals surface area contributed by atoms with E-state index in [9.17, 15) is 14.7 Å². The van der Waals surface area contributed by atoms with Gasteiger partial charge in [-0.1, -0.05) is 37.6 Å². The molecule has 0 radical (unpaired) electrons. The van der Waals surface area contributed by atoms with Crippen molar-refractivity contribution < 1.29 is 24.6 Å². The largest absolute Gasteiger partial charge is 0.508 e. The molecule has 0 aliphatic heterocycles. The predicted octanol–water partition coefficient (Wildman–Crippen LogP) is 5.46. The number of phenolic OH excluding ortho intramolecular Hbond substituents is 1. The molecule has 8 heteroatoms. The smallest absolute Gasteiger partial charge is 0.412 e. The lowest BCUT2D eigenvalue weighted by Gasteiger charge is -2.34. The van der Waals surface area contributed by atoms with Gasteiger partial charge in [-0.2, -0.15) is 0 Å². The third kappa shape index (κ3) is 7.55. The van der Waals surface area contributed by atoms with Crippen molar-refractivity contribution in [1.29, 1.82) is 0 Å². The molecule has 0 aliphatic carbocycles. The average molecular weight is 538 g/mol. The van der Waals surface area contributed by atoms with E-state index in [2.05, 4.69) is 27.9 Å². The number of aryl methyl sites for hydroxylation is 1. The highest BCUT2D eigenvalue weighted by Gasteiger charge is 2.35. The first-order chi connectivity index (χ1) is 14.6.